The summed E-state index contributed by atoms with van der Waals surface area (Å²) in [5.41, 5.74) is 8.93. The summed E-state index contributed by atoms with van der Waals surface area (Å²) in [6, 6.07) is 3.82. The fourth-order valence-corrected chi connectivity index (χ4v) is 2.18. The van der Waals surface area contributed by atoms with Gasteiger partial charge < -0.3 is 15.6 Å². The van der Waals surface area contributed by atoms with Crippen LogP contribution >= 0.6 is 0 Å². The molecule has 0 radical (unpaired) electrons. The minimum atomic E-state index is -0.647. The van der Waals surface area contributed by atoms with Crippen LogP contribution in [0.3, 0.4) is 0 Å². The van der Waals surface area contributed by atoms with E-state index in [0.29, 0.717) is 0 Å². The van der Waals surface area contributed by atoms with Crippen molar-refractivity contribution >= 4 is 0 Å². The van der Waals surface area contributed by atoms with Crippen molar-refractivity contribution in [3.05, 3.63) is 28.8 Å². The van der Waals surface area contributed by atoms with Gasteiger partial charge in [-0.2, -0.15) is 0 Å². The molecule has 1 aliphatic heterocycles. The topological polar surface area (TPSA) is 55.5 Å². The second-order valence-corrected chi connectivity index (χ2v) is 4.60. The van der Waals surface area contributed by atoms with Gasteiger partial charge in [0.05, 0.1) is 12.7 Å². The van der Waals surface area contributed by atoms with E-state index in [-0.39, 0.29) is 6.04 Å². The number of aryl methyl sites for hydroxylation is 2. The first-order valence-corrected chi connectivity index (χ1v) is 5.79. The first kappa shape index (κ1) is 11.4. The molecule has 3 nitrogen and oxygen atoms in total. The average molecular weight is 221 g/mol. The lowest BCUT2D eigenvalue weighted by Crippen LogP contribution is -2.26. The predicted octanol–water partition coefficient (Wildman–Crippen LogP) is 1.70. The van der Waals surface area contributed by atoms with Gasteiger partial charge in [0.15, 0.2) is 0 Å². The Bertz CT molecular complexity index is 388. The Hall–Kier alpha value is -1.06. The van der Waals surface area contributed by atoms with Crippen molar-refractivity contribution in [1.29, 1.82) is 0 Å². The molecule has 0 aromatic heterocycles. The standard InChI is InChI=1S/C13H19NO2/c1-8-6-10-4-3-5-16-13(10)11(7-8)12(15)9(2)14/h6-7,9,12,15H,3-5,14H2,1-2H3. The molecule has 0 aliphatic carbocycles. The van der Waals surface area contributed by atoms with Crippen molar-refractivity contribution in [1.82, 2.24) is 0 Å². The zero-order valence-corrected chi connectivity index (χ0v) is 9.86. The van der Waals surface area contributed by atoms with Gasteiger partial charge in [-0.15, -0.1) is 0 Å². The second kappa shape index (κ2) is 4.44. The molecule has 0 saturated carbocycles. The highest BCUT2D eigenvalue weighted by Gasteiger charge is 2.22. The SMILES string of the molecule is Cc1cc2c(c(C(O)C(C)N)c1)OCCC2. The van der Waals surface area contributed by atoms with Crippen molar-refractivity contribution in [2.75, 3.05) is 6.61 Å². The number of hydrogen-bond donors (Lipinski definition) is 2. The molecule has 1 aromatic rings. The molecule has 3 N–H and O–H groups in total. The maximum atomic E-state index is 10.1. The van der Waals surface area contributed by atoms with Crippen LogP contribution in [0.4, 0.5) is 0 Å². The van der Waals surface area contributed by atoms with E-state index in [0.717, 1.165) is 36.3 Å². The van der Waals surface area contributed by atoms with Crippen molar-refractivity contribution in [2.45, 2.75) is 38.8 Å². The van der Waals surface area contributed by atoms with Crippen LogP contribution in [-0.4, -0.2) is 17.8 Å². The summed E-state index contributed by atoms with van der Waals surface area (Å²) < 4.78 is 5.67. The van der Waals surface area contributed by atoms with Crippen molar-refractivity contribution < 1.29 is 9.84 Å². The molecule has 0 fully saturated rings. The van der Waals surface area contributed by atoms with Gasteiger partial charge >= 0.3 is 0 Å². The highest BCUT2D eigenvalue weighted by molar-refractivity contribution is 5.47. The molecule has 1 aromatic carbocycles. The number of fused-ring (bicyclic) bond motifs is 1. The summed E-state index contributed by atoms with van der Waals surface area (Å²) in [7, 11) is 0. The summed E-state index contributed by atoms with van der Waals surface area (Å²) in [6.45, 7) is 4.57. The van der Waals surface area contributed by atoms with E-state index in [2.05, 4.69) is 6.07 Å². The Morgan fingerprint density at radius 3 is 2.88 bits per heavy atom. The number of aliphatic hydroxyl groups excluding tert-OH is 1. The number of hydrogen-bond acceptors (Lipinski definition) is 3. The smallest absolute Gasteiger partial charge is 0.128 e. The van der Waals surface area contributed by atoms with Gasteiger partial charge in [-0.25, -0.2) is 0 Å². The zero-order chi connectivity index (χ0) is 11.7. The summed E-state index contributed by atoms with van der Waals surface area (Å²) in [6.07, 6.45) is 1.42. The lowest BCUT2D eigenvalue weighted by atomic mass is 9.94. The van der Waals surface area contributed by atoms with E-state index in [1.807, 2.05) is 19.9 Å². The molecule has 2 unspecified atom stereocenters. The average Bonchev–Trinajstić information content (AvgIpc) is 2.26. The van der Waals surface area contributed by atoms with Gasteiger partial charge in [0, 0.05) is 11.6 Å². The molecule has 88 valence electrons. The third-order valence-electron chi connectivity index (χ3n) is 2.99. The second-order valence-electron chi connectivity index (χ2n) is 4.60. The Morgan fingerprint density at radius 1 is 1.44 bits per heavy atom. The zero-order valence-electron chi connectivity index (χ0n) is 9.86. The molecule has 16 heavy (non-hydrogen) atoms. The quantitative estimate of drug-likeness (QED) is 0.799. The van der Waals surface area contributed by atoms with Crippen molar-refractivity contribution in [3.8, 4) is 5.75 Å². The van der Waals surface area contributed by atoms with Crippen LogP contribution in [0.2, 0.25) is 0 Å². The summed E-state index contributed by atoms with van der Waals surface area (Å²) >= 11 is 0. The number of ether oxygens (including phenoxy) is 1. The molecule has 1 heterocycles. The number of rotatable bonds is 2. The molecular formula is C13H19NO2. The normalized spacial score (nSPS) is 18.5. The molecule has 0 bridgehead atoms. The molecule has 0 saturated heterocycles. The van der Waals surface area contributed by atoms with Gasteiger partial charge in [0.1, 0.15) is 5.75 Å². The van der Waals surface area contributed by atoms with E-state index in [4.69, 9.17) is 10.5 Å². The fraction of sp³-hybridized carbons (Fsp3) is 0.538. The lowest BCUT2D eigenvalue weighted by molar-refractivity contribution is 0.146. The van der Waals surface area contributed by atoms with Gasteiger partial charge in [-0.3, -0.25) is 0 Å². The van der Waals surface area contributed by atoms with Gasteiger partial charge in [0.2, 0.25) is 0 Å². The predicted molar refractivity (Wildman–Crippen MR) is 63.6 cm³/mol. The van der Waals surface area contributed by atoms with Crippen LogP contribution in [0, 0.1) is 6.92 Å². The number of nitrogens with two attached hydrogens (primary N) is 1. The molecule has 1 aliphatic rings. The lowest BCUT2D eigenvalue weighted by Gasteiger charge is -2.25. The van der Waals surface area contributed by atoms with Crippen LogP contribution in [-0.2, 0) is 6.42 Å². The Kier molecular flexibility index (Phi) is 3.17. The molecule has 3 heteroatoms. The molecule has 2 rings (SSSR count). The third-order valence-corrected chi connectivity index (χ3v) is 2.99. The fourth-order valence-electron chi connectivity index (χ4n) is 2.18. The monoisotopic (exact) mass is 221 g/mol. The number of benzene rings is 1. The van der Waals surface area contributed by atoms with Crippen LogP contribution in [0.15, 0.2) is 12.1 Å². The van der Waals surface area contributed by atoms with Crippen LogP contribution in [0.1, 0.15) is 36.1 Å². The van der Waals surface area contributed by atoms with E-state index in [1.54, 1.807) is 0 Å². The van der Waals surface area contributed by atoms with Gasteiger partial charge in [0.25, 0.3) is 0 Å². The minimum absolute atomic E-state index is 0.281. The highest BCUT2D eigenvalue weighted by atomic mass is 16.5. The maximum absolute atomic E-state index is 10.1. The molecule has 2 atom stereocenters. The van der Waals surface area contributed by atoms with Crippen molar-refractivity contribution in [3.63, 3.8) is 0 Å². The van der Waals surface area contributed by atoms with E-state index in [9.17, 15) is 5.11 Å². The summed E-state index contributed by atoms with van der Waals surface area (Å²) in [5, 5.41) is 10.1. The largest absolute Gasteiger partial charge is 0.493 e. The first-order valence-electron chi connectivity index (χ1n) is 5.79. The Morgan fingerprint density at radius 2 is 2.19 bits per heavy atom. The third kappa shape index (κ3) is 2.06. The van der Waals surface area contributed by atoms with Crippen molar-refractivity contribution in [2.24, 2.45) is 5.73 Å². The van der Waals surface area contributed by atoms with E-state index < -0.39 is 6.10 Å². The summed E-state index contributed by atoms with van der Waals surface area (Å²) in [4.78, 5) is 0. The highest BCUT2D eigenvalue weighted by Crippen LogP contribution is 2.34. The van der Waals surface area contributed by atoms with Gasteiger partial charge in [-0.1, -0.05) is 11.6 Å². The minimum Gasteiger partial charge on any atom is -0.493 e. The molecule has 0 spiro atoms. The molecule has 0 amide bonds. The molecular weight excluding hydrogens is 202 g/mol. The van der Waals surface area contributed by atoms with Crippen LogP contribution < -0.4 is 10.5 Å². The van der Waals surface area contributed by atoms with E-state index in [1.165, 1.54) is 5.56 Å². The Balaban J connectivity index is 2.47. The Labute approximate surface area is 96.2 Å². The number of aliphatic hydroxyl groups is 1. The van der Waals surface area contributed by atoms with Crippen LogP contribution in [0.5, 0.6) is 5.75 Å². The summed E-state index contributed by atoms with van der Waals surface area (Å²) in [5.74, 6) is 0.849. The maximum Gasteiger partial charge on any atom is 0.128 e. The van der Waals surface area contributed by atoms with Gasteiger partial charge in [-0.05, 0) is 38.3 Å². The van der Waals surface area contributed by atoms with E-state index >= 15 is 0 Å². The van der Waals surface area contributed by atoms with Crippen LogP contribution in [0.25, 0.3) is 0 Å². The first-order chi connectivity index (χ1) is 7.59.